The highest BCUT2D eigenvalue weighted by molar-refractivity contribution is 5.79. The fourth-order valence-corrected chi connectivity index (χ4v) is 3.23. The Kier molecular flexibility index (Phi) is 2.83. The maximum absolute atomic E-state index is 11.4. The first-order valence-corrected chi connectivity index (χ1v) is 6.37. The molecule has 1 amide bonds. The number of carbonyl (C=O) groups excluding carboxylic acids is 1. The molecule has 0 spiro atoms. The fraction of sp³-hybridized carbons (Fsp3) is 0.846. The molecular weight excluding hydrogens is 234 g/mol. The van der Waals surface area contributed by atoms with Gasteiger partial charge in [0.15, 0.2) is 0 Å². The predicted molar refractivity (Wildman–Crippen MR) is 65.2 cm³/mol. The molecule has 0 atom stereocenters. The lowest BCUT2D eigenvalue weighted by Gasteiger charge is -2.68. The summed E-state index contributed by atoms with van der Waals surface area (Å²) in [5.41, 5.74) is -0.729. The van der Waals surface area contributed by atoms with E-state index in [1.165, 1.54) is 0 Å². The highest BCUT2D eigenvalue weighted by Gasteiger charge is 2.71. The highest BCUT2D eigenvalue weighted by Crippen LogP contribution is 2.74. The van der Waals surface area contributed by atoms with Crippen molar-refractivity contribution in [3.63, 3.8) is 0 Å². The van der Waals surface area contributed by atoms with Crippen LogP contribution < -0.4 is 5.32 Å². The van der Waals surface area contributed by atoms with Crippen LogP contribution in [0.3, 0.4) is 0 Å². The summed E-state index contributed by atoms with van der Waals surface area (Å²) in [6, 6.07) is 0. The van der Waals surface area contributed by atoms with Crippen LogP contribution in [0.15, 0.2) is 0 Å². The van der Waals surface area contributed by atoms with Gasteiger partial charge in [-0.3, -0.25) is 4.79 Å². The molecule has 0 saturated heterocycles. The summed E-state index contributed by atoms with van der Waals surface area (Å²) in [5, 5.41) is 11.7. The molecule has 0 heterocycles. The minimum atomic E-state index is -0.663. The van der Waals surface area contributed by atoms with Crippen LogP contribution >= 0.6 is 0 Å². The van der Waals surface area contributed by atoms with Crippen LogP contribution in [0.2, 0.25) is 0 Å². The molecule has 2 bridgehead atoms. The molecule has 0 aliphatic heterocycles. The largest absolute Gasteiger partial charge is 0.481 e. The van der Waals surface area contributed by atoms with Crippen LogP contribution in [-0.4, -0.2) is 29.3 Å². The van der Waals surface area contributed by atoms with Gasteiger partial charge in [-0.1, -0.05) is 0 Å². The zero-order valence-electron chi connectivity index (χ0n) is 11.2. The number of hydrogen-bond acceptors (Lipinski definition) is 3. The third kappa shape index (κ3) is 2.31. The third-order valence-electron chi connectivity index (χ3n) is 3.92. The molecule has 3 aliphatic rings. The minimum Gasteiger partial charge on any atom is -0.481 e. The number of carbonyl (C=O) groups is 2. The molecule has 18 heavy (non-hydrogen) atoms. The monoisotopic (exact) mass is 255 g/mol. The van der Waals surface area contributed by atoms with E-state index in [9.17, 15) is 9.59 Å². The van der Waals surface area contributed by atoms with Crippen molar-refractivity contribution in [3.8, 4) is 0 Å². The van der Waals surface area contributed by atoms with Crippen LogP contribution in [0.1, 0.15) is 46.5 Å². The van der Waals surface area contributed by atoms with Crippen molar-refractivity contribution in [1.82, 2.24) is 5.32 Å². The van der Waals surface area contributed by atoms with Gasteiger partial charge in [0.1, 0.15) is 5.60 Å². The van der Waals surface area contributed by atoms with Crippen LogP contribution in [0.5, 0.6) is 0 Å². The molecule has 3 rings (SSSR count). The summed E-state index contributed by atoms with van der Waals surface area (Å²) in [6.07, 6.45) is 2.76. The number of carboxylic acids is 1. The lowest BCUT2D eigenvalue weighted by Crippen LogP contribution is -2.65. The summed E-state index contributed by atoms with van der Waals surface area (Å²) >= 11 is 0. The van der Waals surface area contributed by atoms with Gasteiger partial charge in [-0.15, -0.1) is 0 Å². The van der Waals surface area contributed by atoms with Crippen LogP contribution in [0, 0.1) is 10.8 Å². The normalized spacial score (nSPS) is 33.1. The Morgan fingerprint density at radius 1 is 1.28 bits per heavy atom. The summed E-state index contributed by atoms with van der Waals surface area (Å²) in [4.78, 5) is 22.3. The van der Waals surface area contributed by atoms with E-state index < -0.39 is 23.1 Å². The molecular formula is C13H21NO4. The number of hydrogen-bond donors (Lipinski definition) is 2. The van der Waals surface area contributed by atoms with Gasteiger partial charge in [0.25, 0.3) is 0 Å². The summed E-state index contributed by atoms with van der Waals surface area (Å²) in [5.74, 6) is -0.663. The molecule has 5 nitrogen and oxygen atoms in total. The lowest BCUT2D eigenvalue weighted by molar-refractivity contribution is -0.224. The Morgan fingerprint density at radius 2 is 1.83 bits per heavy atom. The maximum atomic E-state index is 11.4. The SMILES string of the molecule is CC(C)(C)OC(=O)NCCC12CC(C(=O)O)(C1)C2. The average molecular weight is 255 g/mol. The molecule has 0 radical (unpaired) electrons. The van der Waals surface area contributed by atoms with Crippen molar-refractivity contribution in [2.75, 3.05) is 6.54 Å². The van der Waals surface area contributed by atoms with E-state index in [2.05, 4.69) is 5.32 Å². The second-order valence-corrected chi connectivity index (χ2v) is 6.79. The summed E-state index contributed by atoms with van der Waals surface area (Å²) in [7, 11) is 0. The third-order valence-corrected chi connectivity index (χ3v) is 3.92. The molecule has 0 aromatic heterocycles. The Balaban J connectivity index is 1.64. The molecule has 5 heteroatoms. The van der Waals surface area contributed by atoms with Crippen LogP contribution in [0.4, 0.5) is 4.79 Å². The molecule has 102 valence electrons. The maximum Gasteiger partial charge on any atom is 0.407 e. The molecule has 0 aromatic carbocycles. The number of alkyl carbamates (subject to hydrolysis) is 1. The van der Waals surface area contributed by atoms with Crippen LogP contribution in [0.25, 0.3) is 0 Å². The van der Waals surface area contributed by atoms with Crippen molar-refractivity contribution >= 4 is 12.1 Å². The van der Waals surface area contributed by atoms with Gasteiger partial charge in [0, 0.05) is 6.54 Å². The molecule has 3 saturated carbocycles. The predicted octanol–water partition coefficient (Wildman–Crippen LogP) is 2.16. The zero-order chi connectivity index (χ0) is 13.6. The van der Waals surface area contributed by atoms with Crippen molar-refractivity contribution < 1.29 is 19.4 Å². The Morgan fingerprint density at radius 3 is 2.28 bits per heavy atom. The van der Waals surface area contributed by atoms with E-state index >= 15 is 0 Å². The van der Waals surface area contributed by atoms with E-state index in [4.69, 9.17) is 9.84 Å². The van der Waals surface area contributed by atoms with Crippen LogP contribution in [-0.2, 0) is 9.53 Å². The molecule has 2 N–H and O–H groups in total. The van der Waals surface area contributed by atoms with E-state index in [-0.39, 0.29) is 5.41 Å². The number of amides is 1. The highest BCUT2D eigenvalue weighted by atomic mass is 16.6. The van der Waals surface area contributed by atoms with E-state index in [0.717, 1.165) is 25.7 Å². The summed E-state index contributed by atoms with van der Waals surface area (Å²) in [6.45, 7) is 6.03. The molecule has 3 fully saturated rings. The number of rotatable bonds is 4. The first-order chi connectivity index (χ1) is 8.17. The number of ether oxygens (including phenoxy) is 1. The lowest BCUT2D eigenvalue weighted by atomic mass is 9.34. The molecule has 3 aliphatic carbocycles. The van der Waals surface area contributed by atoms with Gasteiger partial charge in [-0.2, -0.15) is 0 Å². The first-order valence-electron chi connectivity index (χ1n) is 6.37. The topological polar surface area (TPSA) is 75.6 Å². The van der Waals surface area contributed by atoms with Crippen molar-refractivity contribution in [3.05, 3.63) is 0 Å². The van der Waals surface area contributed by atoms with Gasteiger partial charge in [0.2, 0.25) is 0 Å². The van der Waals surface area contributed by atoms with E-state index in [1.54, 1.807) is 0 Å². The Labute approximate surface area is 107 Å². The van der Waals surface area contributed by atoms with Gasteiger partial charge in [-0.25, -0.2) is 4.79 Å². The van der Waals surface area contributed by atoms with Crippen molar-refractivity contribution in [2.45, 2.75) is 52.1 Å². The van der Waals surface area contributed by atoms with Gasteiger partial charge in [-0.05, 0) is 51.9 Å². The second-order valence-electron chi connectivity index (χ2n) is 6.79. The van der Waals surface area contributed by atoms with Crippen molar-refractivity contribution in [2.24, 2.45) is 10.8 Å². The van der Waals surface area contributed by atoms with Crippen molar-refractivity contribution in [1.29, 1.82) is 0 Å². The Hall–Kier alpha value is -1.26. The smallest absolute Gasteiger partial charge is 0.407 e. The fourth-order valence-electron chi connectivity index (χ4n) is 3.23. The minimum absolute atomic E-state index is 0.174. The quantitative estimate of drug-likeness (QED) is 0.807. The Bertz CT molecular complexity index is 363. The van der Waals surface area contributed by atoms with E-state index in [0.29, 0.717) is 6.54 Å². The standard InChI is InChI=1S/C13H21NO4/c1-11(2,3)18-10(17)14-5-4-12-6-13(7-12,8-12)9(15)16/h4-8H2,1-3H3,(H,14,17)(H,15,16). The zero-order valence-corrected chi connectivity index (χ0v) is 11.2. The number of aliphatic carboxylic acids is 1. The number of carboxylic acid groups (broad SMARTS) is 1. The average Bonchev–Trinajstić information content (AvgIpc) is 2.02. The molecule has 0 aromatic rings. The molecule has 0 unspecified atom stereocenters. The van der Waals surface area contributed by atoms with E-state index in [1.807, 2.05) is 20.8 Å². The second kappa shape index (κ2) is 3.87. The van der Waals surface area contributed by atoms with Gasteiger partial charge >= 0.3 is 12.1 Å². The summed E-state index contributed by atoms with van der Waals surface area (Å²) < 4.78 is 5.13. The first kappa shape index (κ1) is 13.2. The van der Waals surface area contributed by atoms with Gasteiger partial charge < -0.3 is 15.2 Å². The number of nitrogens with one attached hydrogen (secondary N) is 1. The van der Waals surface area contributed by atoms with Gasteiger partial charge in [0.05, 0.1) is 5.41 Å².